The molecule has 0 bridgehead atoms. The summed E-state index contributed by atoms with van der Waals surface area (Å²) in [7, 11) is 1.58. The lowest BCUT2D eigenvalue weighted by Crippen LogP contribution is -2.17. The van der Waals surface area contributed by atoms with E-state index < -0.39 is 0 Å². The van der Waals surface area contributed by atoms with Crippen LogP contribution in [0, 0.1) is 0 Å². The summed E-state index contributed by atoms with van der Waals surface area (Å²) < 4.78 is 10.0. The van der Waals surface area contributed by atoms with Gasteiger partial charge in [0.25, 0.3) is 5.89 Å². The third kappa shape index (κ3) is 2.26. The second-order valence-corrected chi connectivity index (χ2v) is 3.39. The van der Waals surface area contributed by atoms with Gasteiger partial charge in [0.1, 0.15) is 0 Å². The maximum Gasteiger partial charge on any atom is 0.257 e. The SMILES string of the molecule is COCC(N)c1noc(-c2ccccc2)n1. The molecule has 1 aromatic carbocycles. The number of aromatic nitrogens is 2. The second kappa shape index (κ2) is 4.87. The minimum Gasteiger partial charge on any atom is -0.383 e. The largest absolute Gasteiger partial charge is 0.383 e. The Bertz CT molecular complexity index is 442. The lowest BCUT2D eigenvalue weighted by atomic mass is 10.2. The highest BCUT2D eigenvalue weighted by atomic mass is 16.5. The molecule has 16 heavy (non-hydrogen) atoms. The Balaban J connectivity index is 2.20. The number of methoxy groups -OCH3 is 1. The van der Waals surface area contributed by atoms with Gasteiger partial charge in [-0.2, -0.15) is 4.98 Å². The summed E-state index contributed by atoms with van der Waals surface area (Å²) in [5.41, 5.74) is 6.67. The number of hydrogen-bond donors (Lipinski definition) is 1. The molecule has 0 spiro atoms. The molecule has 1 heterocycles. The first-order valence-electron chi connectivity index (χ1n) is 4.95. The summed E-state index contributed by atoms with van der Waals surface area (Å²) in [5.74, 6) is 0.933. The van der Waals surface area contributed by atoms with Crippen LogP contribution in [0.15, 0.2) is 34.9 Å². The molecule has 0 saturated carbocycles. The van der Waals surface area contributed by atoms with E-state index in [1.807, 2.05) is 30.3 Å². The Morgan fingerprint density at radius 1 is 1.38 bits per heavy atom. The van der Waals surface area contributed by atoms with Crippen LogP contribution in [0.1, 0.15) is 11.9 Å². The maximum absolute atomic E-state index is 5.79. The highest BCUT2D eigenvalue weighted by Crippen LogP contribution is 2.17. The molecule has 0 amide bonds. The number of benzene rings is 1. The van der Waals surface area contributed by atoms with Crippen molar-refractivity contribution in [2.45, 2.75) is 6.04 Å². The third-order valence-corrected chi connectivity index (χ3v) is 2.14. The van der Waals surface area contributed by atoms with Crippen LogP contribution in [-0.4, -0.2) is 23.9 Å². The normalized spacial score (nSPS) is 12.6. The molecule has 1 unspecified atom stereocenters. The zero-order valence-electron chi connectivity index (χ0n) is 8.96. The number of nitrogens with zero attached hydrogens (tertiary/aromatic N) is 2. The van der Waals surface area contributed by atoms with Gasteiger partial charge in [0, 0.05) is 12.7 Å². The van der Waals surface area contributed by atoms with Crippen molar-refractivity contribution in [3.8, 4) is 11.5 Å². The first-order chi connectivity index (χ1) is 7.81. The van der Waals surface area contributed by atoms with Gasteiger partial charge in [-0.25, -0.2) is 0 Å². The number of ether oxygens (including phenoxy) is 1. The maximum atomic E-state index is 5.79. The molecule has 2 N–H and O–H groups in total. The predicted octanol–water partition coefficient (Wildman–Crippen LogP) is 1.38. The van der Waals surface area contributed by atoms with E-state index in [4.69, 9.17) is 15.0 Å². The summed E-state index contributed by atoms with van der Waals surface area (Å²) in [6.07, 6.45) is 0. The average Bonchev–Trinajstić information content (AvgIpc) is 2.80. The first kappa shape index (κ1) is 10.8. The van der Waals surface area contributed by atoms with Gasteiger partial charge >= 0.3 is 0 Å². The summed E-state index contributed by atoms with van der Waals surface area (Å²) in [4.78, 5) is 4.22. The second-order valence-electron chi connectivity index (χ2n) is 3.39. The fourth-order valence-electron chi connectivity index (χ4n) is 1.34. The van der Waals surface area contributed by atoms with E-state index in [0.717, 1.165) is 5.56 Å². The summed E-state index contributed by atoms with van der Waals surface area (Å²) in [5, 5.41) is 3.82. The molecular weight excluding hydrogens is 206 g/mol. The van der Waals surface area contributed by atoms with Crippen molar-refractivity contribution in [1.82, 2.24) is 10.1 Å². The van der Waals surface area contributed by atoms with E-state index in [-0.39, 0.29) is 6.04 Å². The molecule has 2 rings (SSSR count). The molecule has 2 aromatic rings. The highest BCUT2D eigenvalue weighted by molar-refractivity contribution is 5.52. The van der Waals surface area contributed by atoms with Gasteiger partial charge in [-0.3, -0.25) is 0 Å². The van der Waals surface area contributed by atoms with Gasteiger partial charge in [-0.05, 0) is 12.1 Å². The van der Waals surface area contributed by atoms with Crippen molar-refractivity contribution >= 4 is 0 Å². The van der Waals surface area contributed by atoms with Crippen molar-refractivity contribution < 1.29 is 9.26 Å². The van der Waals surface area contributed by atoms with E-state index in [0.29, 0.717) is 18.3 Å². The van der Waals surface area contributed by atoms with E-state index in [1.165, 1.54) is 0 Å². The molecule has 84 valence electrons. The van der Waals surface area contributed by atoms with Crippen LogP contribution in [0.25, 0.3) is 11.5 Å². The monoisotopic (exact) mass is 219 g/mol. The van der Waals surface area contributed by atoms with E-state index in [1.54, 1.807) is 7.11 Å². The van der Waals surface area contributed by atoms with E-state index in [9.17, 15) is 0 Å². The number of rotatable bonds is 4. The minimum absolute atomic E-state index is 0.355. The molecule has 0 aliphatic carbocycles. The minimum atomic E-state index is -0.355. The van der Waals surface area contributed by atoms with Crippen LogP contribution in [0.3, 0.4) is 0 Å². The zero-order valence-corrected chi connectivity index (χ0v) is 8.96. The molecule has 1 atom stereocenters. The highest BCUT2D eigenvalue weighted by Gasteiger charge is 2.14. The fourth-order valence-corrected chi connectivity index (χ4v) is 1.34. The van der Waals surface area contributed by atoms with Crippen LogP contribution >= 0.6 is 0 Å². The van der Waals surface area contributed by atoms with Gasteiger partial charge in [0.05, 0.1) is 12.6 Å². The van der Waals surface area contributed by atoms with E-state index in [2.05, 4.69) is 10.1 Å². The van der Waals surface area contributed by atoms with Crippen molar-refractivity contribution in [3.05, 3.63) is 36.2 Å². The lowest BCUT2D eigenvalue weighted by Gasteiger charge is -2.03. The average molecular weight is 219 g/mol. The quantitative estimate of drug-likeness (QED) is 0.840. The Labute approximate surface area is 93.2 Å². The number of hydrogen-bond acceptors (Lipinski definition) is 5. The molecule has 1 aromatic heterocycles. The van der Waals surface area contributed by atoms with Crippen molar-refractivity contribution in [1.29, 1.82) is 0 Å². The van der Waals surface area contributed by atoms with Crippen LogP contribution < -0.4 is 5.73 Å². The molecule has 0 fully saturated rings. The predicted molar refractivity (Wildman–Crippen MR) is 58.5 cm³/mol. The van der Waals surface area contributed by atoms with Crippen LogP contribution in [0.2, 0.25) is 0 Å². The molecule has 5 nitrogen and oxygen atoms in total. The molecule has 0 radical (unpaired) electrons. The standard InChI is InChI=1S/C11H13N3O2/c1-15-7-9(12)10-13-11(16-14-10)8-5-3-2-4-6-8/h2-6,9H,7,12H2,1H3. The fraction of sp³-hybridized carbons (Fsp3) is 0.273. The Hall–Kier alpha value is -1.72. The van der Waals surface area contributed by atoms with Gasteiger partial charge in [0.15, 0.2) is 5.82 Å². The van der Waals surface area contributed by atoms with Crippen LogP contribution in [0.4, 0.5) is 0 Å². The van der Waals surface area contributed by atoms with Crippen molar-refractivity contribution in [2.24, 2.45) is 5.73 Å². The van der Waals surface area contributed by atoms with Crippen LogP contribution in [-0.2, 0) is 4.74 Å². The molecule has 0 aliphatic rings. The Morgan fingerprint density at radius 3 is 2.81 bits per heavy atom. The third-order valence-electron chi connectivity index (χ3n) is 2.14. The lowest BCUT2D eigenvalue weighted by molar-refractivity contribution is 0.177. The summed E-state index contributed by atoms with van der Waals surface area (Å²) >= 11 is 0. The smallest absolute Gasteiger partial charge is 0.257 e. The van der Waals surface area contributed by atoms with Crippen molar-refractivity contribution in [3.63, 3.8) is 0 Å². The summed E-state index contributed by atoms with van der Waals surface area (Å²) in [6, 6.07) is 9.20. The van der Waals surface area contributed by atoms with Gasteiger partial charge < -0.3 is 15.0 Å². The topological polar surface area (TPSA) is 74.2 Å². The molecule has 0 saturated heterocycles. The Morgan fingerprint density at radius 2 is 2.12 bits per heavy atom. The van der Waals surface area contributed by atoms with E-state index >= 15 is 0 Å². The van der Waals surface area contributed by atoms with Gasteiger partial charge in [0.2, 0.25) is 0 Å². The number of nitrogens with two attached hydrogens (primary N) is 1. The summed E-state index contributed by atoms with van der Waals surface area (Å²) in [6.45, 7) is 0.369. The van der Waals surface area contributed by atoms with Gasteiger partial charge in [-0.15, -0.1) is 0 Å². The van der Waals surface area contributed by atoms with Gasteiger partial charge in [-0.1, -0.05) is 23.4 Å². The van der Waals surface area contributed by atoms with Crippen LogP contribution in [0.5, 0.6) is 0 Å². The molecule has 0 aliphatic heterocycles. The molecule has 5 heteroatoms. The van der Waals surface area contributed by atoms with Crippen molar-refractivity contribution in [2.75, 3.05) is 13.7 Å². The zero-order chi connectivity index (χ0) is 11.4. The first-order valence-corrected chi connectivity index (χ1v) is 4.95. The Kier molecular flexibility index (Phi) is 3.28. The molecular formula is C11H13N3O2.